The first-order valence-electron chi connectivity index (χ1n) is 8.12. The number of aryl methyl sites for hydroxylation is 1. The quantitative estimate of drug-likeness (QED) is 0.350. The standard InChI is InChI=1S/C17H20N4O7/c1-19(8-12-7-18-20(2)9-12)16(22)10-28-17(23)11-27-13-4-5-14(21(24)25)15(6-13)26-3/h4-7,9H,8,10-11H2,1-3H3. The topological polar surface area (TPSA) is 126 Å². The van der Waals surface area contributed by atoms with E-state index in [1.807, 2.05) is 0 Å². The number of esters is 1. The lowest BCUT2D eigenvalue weighted by atomic mass is 10.3. The molecular weight excluding hydrogens is 372 g/mol. The van der Waals surface area contributed by atoms with Crippen molar-refractivity contribution >= 4 is 17.6 Å². The van der Waals surface area contributed by atoms with Gasteiger partial charge in [-0.25, -0.2) is 4.79 Å². The molecule has 2 aromatic rings. The van der Waals surface area contributed by atoms with Crippen LogP contribution in [0.2, 0.25) is 0 Å². The van der Waals surface area contributed by atoms with Crippen LogP contribution in [0.5, 0.6) is 11.5 Å². The Labute approximate surface area is 160 Å². The number of carbonyl (C=O) groups excluding carboxylic acids is 2. The number of nitro groups is 1. The zero-order chi connectivity index (χ0) is 20.7. The number of methoxy groups -OCH3 is 1. The van der Waals surface area contributed by atoms with Gasteiger partial charge in [-0.2, -0.15) is 5.10 Å². The number of likely N-dealkylation sites (N-methyl/N-ethyl adjacent to an activating group) is 1. The Bertz CT molecular complexity index is 865. The van der Waals surface area contributed by atoms with Gasteiger partial charge in [0.05, 0.1) is 18.2 Å². The van der Waals surface area contributed by atoms with Crippen molar-refractivity contribution in [2.45, 2.75) is 6.54 Å². The van der Waals surface area contributed by atoms with E-state index >= 15 is 0 Å². The first-order valence-corrected chi connectivity index (χ1v) is 8.12. The molecule has 0 saturated carbocycles. The van der Waals surface area contributed by atoms with Crippen molar-refractivity contribution in [2.24, 2.45) is 7.05 Å². The van der Waals surface area contributed by atoms with Crippen molar-refractivity contribution in [3.63, 3.8) is 0 Å². The molecule has 0 bridgehead atoms. The zero-order valence-corrected chi connectivity index (χ0v) is 15.7. The van der Waals surface area contributed by atoms with Crippen LogP contribution in [-0.2, 0) is 27.9 Å². The van der Waals surface area contributed by atoms with Crippen LogP contribution >= 0.6 is 0 Å². The molecule has 0 aliphatic carbocycles. The third kappa shape index (κ3) is 5.69. The van der Waals surface area contributed by atoms with Crippen molar-refractivity contribution in [3.8, 4) is 11.5 Å². The molecule has 11 nitrogen and oxygen atoms in total. The summed E-state index contributed by atoms with van der Waals surface area (Å²) in [7, 11) is 4.64. The SMILES string of the molecule is COc1cc(OCC(=O)OCC(=O)N(C)Cc2cnn(C)c2)ccc1[N+](=O)[O-]. The third-order valence-corrected chi connectivity index (χ3v) is 3.67. The van der Waals surface area contributed by atoms with Gasteiger partial charge in [0.25, 0.3) is 5.91 Å². The van der Waals surface area contributed by atoms with E-state index in [0.29, 0.717) is 6.54 Å². The van der Waals surface area contributed by atoms with Gasteiger partial charge in [0, 0.05) is 44.5 Å². The molecule has 0 unspecified atom stereocenters. The fourth-order valence-corrected chi connectivity index (χ4v) is 2.25. The van der Waals surface area contributed by atoms with Crippen molar-refractivity contribution < 1.29 is 28.7 Å². The van der Waals surface area contributed by atoms with E-state index in [2.05, 4.69) is 5.10 Å². The number of nitro benzene ring substituents is 1. The average molecular weight is 392 g/mol. The summed E-state index contributed by atoms with van der Waals surface area (Å²) in [5.74, 6) is -0.933. The molecule has 0 saturated heterocycles. The van der Waals surface area contributed by atoms with Crippen LogP contribution in [0.15, 0.2) is 30.6 Å². The van der Waals surface area contributed by atoms with E-state index < -0.39 is 24.1 Å². The average Bonchev–Trinajstić information content (AvgIpc) is 3.08. The monoisotopic (exact) mass is 392 g/mol. The molecule has 0 spiro atoms. The predicted molar refractivity (Wildman–Crippen MR) is 95.8 cm³/mol. The summed E-state index contributed by atoms with van der Waals surface area (Å²) in [5.41, 5.74) is 0.625. The summed E-state index contributed by atoms with van der Waals surface area (Å²) < 4.78 is 16.7. The van der Waals surface area contributed by atoms with E-state index in [9.17, 15) is 19.7 Å². The summed E-state index contributed by atoms with van der Waals surface area (Å²) in [5, 5.41) is 14.9. The van der Waals surface area contributed by atoms with Gasteiger partial charge in [0.1, 0.15) is 5.75 Å². The fraction of sp³-hybridized carbons (Fsp3) is 0.353. The highest BCUT2D eigenvalue weighted by Gasteiger charge is 2.17. The molecule has 1 amide bonds. The maximum Gasteiger partial charge on any atom is 0.344 e. The Hall–Kier alpha value is -3.63. The minimum absolute atomic E-state index is 0.00284. The number of ether oxygens (including phenoxy) is 3. The number of rotatable bonds is 9. The minimum atomic E-state index is -0.750. The van der Waals surface area contributed by atoms with Gasteiger partial charge in [-0.3, -0.25) is 19.6 Å². The normalized spacial score (nSPS) is 10.2. The van der Waals surface area contributed by atoms with Crippen LogP contribution in [0.1, 0.15) is 5.56 Å². The fourth-order valence-electron chi connectivity index (χ4n) is 2.25. The van der Waals surface area contributed by atoms with Gasteiger partial charge in [-0.05, 0) is 6.07 Å². The number of hydrogen-bond acceptors (Lipinski definition) is 8. The Morgan fingerprint density at radius 3 is 2.68 bits per heavy atom. The third-order valence-electron chi connectivity index (χ3n) is 3.67. The maximum atomic E-state index is 12.0. The summed E-state index contributed by atoms with van der Waals surface area (Å²) in [6.45, 7) is -0.549. The van der Waals surface area contributed by atoms with E-state index in [4.69, 9.17) is 14.2 Å². The predicted octanol–water partition coefficient (Wildman–Crippen LogP) is 0.917. The van der Waals surface area contributed by atoms with Gasteiger partial charge in [0.15, 0.2) is 13.2 Å². The zero-order valence-electron chi connectivity index (χ0n) is 15.7. The molecule has 0 aliphatic heterocycles. The van der Waals surface area contributed by atoms with E-state index in [1.54, 1.807) is 31.2 Å². The first-order chi connectivity index (χ1) is 13.3. The van der Waals surface area contributed by atoms with Gasteiger partial charge in [-0.1, -0.05) is 0 Å². The van der Waals surface area contributed by atoms with Crippen molar-refractivity contribution in [2.75, 3.05) is 27.4 Å². The number of nitrogens with zero attached hydrogens (tertiary/aromatic N) is 4. The molecule has 11 heteroatoms. The molecule has 0 aliphatic rings. The molecule has 0 atom stereocenters. The Balaban J connectivity index is 1.79. The largest absolute Gasteiger partial charge is 0.490 e. The molecular formula is C17H20N4O7. The van der Waals surface area contributed by atoms with Crippen LogP contribution in [0, 0.1) is 10.1 Å². The first kappa shape index (κ1) is 20.7. The molecule has 2 rings (SSSR count). The van der Waals surface area contributed by atoms with Crippen LogP contribution in [0.3, 0.4) is 0 Å². The van der Waals surface area contributed by atoms with E-state index in [1.165, 1.54) is 30.2 Å². The molecule has 0 radical (unpaired) electrons. The summed E-state index contributed by atoms with van der Waals surface area (Å²) in [4.78, 5) is 35.4. The van der Waals surface area contributed by atoms with Gasteiger partial charge in [-0.15, -0.1) is 0 Å². The highest BCUT2D eigenvalue weighted by atomic mass is 16.6. The molecule has 0 N–H and O–H groups in total. The van der Waals surface area contributed by atoms with Gasteiger partial charge >= 0.3 is 11.7 Å². The second-order valence-electron chi connectivity index (χ2n) is 5.81. The molecule has 1 heterocycles. The van der Waals surface area contributed by atoms with Crippen molar-refractivity contribution in [1.29, 1.82) is 0 Å². The molecule has 1 aromatic heterocycles. The second-order valence-corrected chi connectivity index (χ2v) is 5.81. The Morgan fingerprint density at radius 2 is 2.07 bits per heavy atom. The Kier molecular flexibility index (Phi) is 6.90. The molecule has 150 valence electrons. The van der Waals surface area contributed by atoms with Crippen LogP contribution in [0.25, 0.3) is 0 Å². The smallest absolute Gasteiger partial charge is 0.344 e. The Morgan fingerprint density at radius 1 is 1.32 bits per heavy atom. The number of amides is 1. The second kappa shape index (κ2) is 9.35. The van der Waals surface area contributed by atoms with Crippen molar-refractivity contribution in [1.82, 2.24) is 14.7 Å². The van der Waals surface area contributed by atoms with Crippen molar-refractivity contribution in [3.05, 3.63) is 46.3 Å². The molecule has 0 fully saturated rings. The number of carbonyl (C=O) groups is 2. The highest BCUT2D eigenvalue weighted by molar-refractivity contribution is 5.80. The molecule has 1 aromatic carbocycles. The van der Waals surface area contributed by atoms with Crippen LogP contribution in [-0.4, -0.2) is 58.9 Å². The van der Waals surface area contributed by atoms with Gasteiger partial charge in [0.2, 0.25) is 5.75 Å². The summed E-state index contributed by atoms with van der Waals surface area (Å²) >= 11 is 0. The van der Waals surface area contributed by atoms with Crippen LogP contribution < -0.4 is 9.47 Å². The van der Waals surface area contributed by atoms with Gasteiger partial charge < -0.3 is 19.1 Å². The molecule has 28 heavy (non-hydrogen) atoms. The maximum absolute atomic E-state index is 12.0. The number of benzene rings is 1. The lowest BCUT2D eigenvalue weighted by Gasteiger charge is -2.16. The van der Waals surface area contributed by atoms with Crippen LogP contribution in [0.4, 0.5) is 5.69 Å². The minimum Gasteiger partial charge on any atom is -0.490 e. The number of aromatic nitrogens is 2. The lowest BCUT2D eigenvalue weighted by molar-refractivity contribution is -0.385. The summed E-state index contributed by atoms with van der Waals surface area (Å²) in [6, 6.07) is 3.83. The number of hydrogen-bond donors (Lipinski definition) is 0. The summed E-state index contributed by atoms with van der Waals surface area (Å²) in [6.07, 6.45) is 3.42. The lowest BCUT2D eigenvalue weighted by Crippen LogP contribution is -2.31. The van der Waals surface area contributed by atoms with E-state index in [0.717, 1.165) is 5.56 Å². The highest BCUT2D eigenvalue weighted by Crippen LogP contribution is 2.30. The van der Waals surface area contributed by atoms with E-state index in [-0.39, 0.29) is 23.1 Å².